The van der Waals surface area contributed by atoms with E-state index in [-0.39, 0.29) is 6.61 Å². The second kappa shape index (κ2) is 5.90. The molecule has 0 saturated heterocycles. The molecule has 2 rings (SSSR count). The van der Waals surface area contributed by atoms with Gasteiger partial charge in [-0.2, -0.15) is 0 Å². The quantitative estimate of drug-likeness (QED) is 0.815. The minimum Gasteiger partial charge on any atom is -0.495 e. The first-order valence-corrected chi connectivity index (χ1v) is 5.69. The lowest BCUT2D eigenvalue weighted by Gasteiger charge is -2.02. The van der Waals surface area contributed by atoms with Crippen molar-refractivity contribution in [2.75, 3.05) is 7.11 Å². The van der Waals surface area contributed by atoms with E-state index < -0.39 is 0 Å². The summed E-state index contributed by atoms with van der Waals surface area (Å²) >= 11 is 0. The predicted octanol–water partition coefficient (Wildman–Crippen LogP) is 2.59. The highest BCUT2D eigenvalue weighted by molar-refractivity contribution is 5.51. The number of rotatable bonds is 2. The Morgan fingerprint density at radius 3 is 2.28 bits per heavy atom. The molecule has 2 aromatic rings. The molecule has 0 amide bonds. The molecule has 18 heavy (non-hydrogen) atoms. The monoisotopic (exact) mass is 238 g/mol. The summed E-state index contributed by atoms with van der Waals surface area (Å²) in [7, 11) is 1.63. The van der Waals surface area contributed by atoms with Gasteiger partial charge in [-0.25, -0.2) is 0 Å². The molecule has 0 aliphatic rings. The third kappa shape index (κ3) is 2.71. The number of ether oxygens (including phenoxy) is 1. The van der Waals surface area contributed by atoms with Crippen molar-refractivity contribution in [2.24, 2.45) is 0 Å². The zero-order valence-corrected chi connectivity index (χ0v) is 10.2. The van der Waals surface area contributed by atoms with Gasteiger partial charge in [0.05, 0.1) is 19.3 Å². The van der Waals surface area contributed by atoms with Crippen LogP contribution in [0.3, 0.4) is 0 Å². The number of hydrogen-bond donors (Lipinski definition) is 1. The van der Waals surface area contributed by atoms with E-state index in [9.17, 15) is 5.11 Å². The molecular formula is C16H14O2. The van der Waals surface area contributed by atoms with Gasteiger partial charge in [-0.05, 0) is 23.8 Å². The third-order valence-corrected chi connectivity index (χ3v) is 2.63. The van der Waals surface area contributed by atoms with Gasteiger partial charge in [0, 0.05) is 5.56 Å². The molecule has 0 atom stereocenters. The van der Waals surface area contributed by atoms with E-state index in [4.69, 9.17) is 4.74 Å². The van der Waals surface area contributed by atoms with Crippen molar-refractivity contribution in [1.29, 1.82) is 0 Å². The van der Waals surface area contributed by atoms with Crippen LogP contribution in [0.15, 0.2) is 48.5 Å². The highest BCUT2D eigenvalue weighted by Crippen LogP contribution is 2.16. The number of para-hydroxylation sites is 1. The lowest BCUT2D eigenvalue weighted by Crippen LogP contribution is -1.89. The summed E-state index contributed by atoms with van der Waals surface area (Å²) in [5.74, 6) is 6.89. The van der Waals surface area contributed by atoms with Crippen molar-refractivity contribution < 1.29 is 9.84 Å². The Hall–Kier alpha value is -2.24. The average molecular weight is 238 g/mol. The first-order valence-electron chi connectivity index (χ1n) is 5.69. The summed E-state index contributed by atoms with van der Waals surface area (Å²) in [5.41, 5.74) is 2.51. The highest BCUT2D eigenvalue weighted by Gasteiger charge is 1.98. The topological polar surface area (TPSA) is 29.5 Å². The van der Waals surface area contributed by atoms with Crippen molar-refractivity contribution in [2.45, 2.75) is 6.61 Å². The van der Waals surface area contributed by atoms with Gasteiger partial charge in [-0.1, -0.05) is 42.2 Å². The van der Waals surface area contributed by atoms with E-state index >= 15 is 0 Å². The fourth-order valence-corrected chi connectivity index (χ4v) is 1.66. The number of methoxy groups -OCH3 is 1. The van der Waals surface area contributed by atoms with Crippen LogP contribution in [-0.4, -0.2) is 12.2 Å². The van der Waals surface area contributed by atoms with Gasteiger partial charge in [0.25, 0.3) is 0 Å². The summed E-state index contributed by atoms with van der Waals surface area (Å²) in [4.78, 5) is 0. The van der Waals surface area contributed by atoms with E-state index in [1.165, 1.54) is 0 Å². The van der Waals surface area contributed by atoms with Crippen LogP contribution in [0.2, 0.25) is 0 Å². The minimum absolute atomic E-state index is 0.00320. The highest BCUT2D eigenvalue weighted by atomic mass is 16.5. The summed E-state index contributed by atoms with van der Waals surface area (Å²) in [5, 5.41) is 9.22. The Morgan fingerprint density at radius 1 is 0.944 bits per heavy atom. The van der Waals surface area contributed by atoms with E-state index in [1.807, 2.05) is 48.5 Å². The van der Waals surface area contributed by atoms with Gasteiger partial charge < -0.3 is 9.84 Å². The average Bonchev–Trinajstić information content (AvgIpc) is 2.45. The van der Waals surface area contributed by atoms with Crippen LogP contribution in [0, 0.1) is 11.8 Å². The zero-order valence-electron chi connectivity index (χ0n) is 10.2. The van der Waals surface area contributed by atoms with Crippen LogP contribution in [0.5, 0.6) is 5.75 Å². The van der Waals surface area contributed by atoms with Crippen LogP contribution in [0.25, 0.3) is 0 Å². The maximum atomic E-state index is 9.22. The molecular weight excluding hydrogens is 224 g/mol. The summed E-state index contributed by atoms with van der Waals surface area (Å²) in [6, 6.07) is 15.2. The van der Waals surface area contributed by atoms with Gasteiger partial charge in [0.15, 0.2) is 0 Å². The third-order valence-electron chi connectivity index (χ3n) is 2.63. The van der Waals surface area contributed by atoms with Crippen LogP contribution in [0.4, 0.5) is 0 Å². The summed E-state index contributed by atoms with van der Waals surface area (Å²) in [6.07, 6.45) is 0. The van der Waals surface area contributed by atoms with E-state index in [1.54, 1.807) is 7.11 Å². The van der Waals surface area contributed by atoms with Gasteiger partial charge in [-0.15, -0.1) is 0 Å². The number of benzene rings is 2. The zero-order chi connectivity index (χ0) is 12.8. The SMILES string of the molecule is COc1ccccc1C#Cc1ccccc1CO. The van der Waals surface area contributed by atoms with Gasteiger partial charge in [0.2, 0.25) is 0 Å². The Kier molecular flexibility index (Phi) is 4.01. The number of hydrogen-bond acceptors (Lipinski definition) is 2. The minimum atomic E-state index is -0.00320. The van der Waals surface area contributed by atoms with Crippen molar-refractivity contribution in [3.63, 3.8) is 0 Å². The second-order valence-corrected chi connectivity index (χ2v) is 3.77. The summed E-state index contributed by atoms with van der Waals surface area (Å²) < 4.78 is 5.24. The van der Waals surface area contributed by atoms with Gasteiger partial charge >= 0.3 is 0 Å². The fourth-order valence-electron chi connectivity index (χ4n) is 1.66. The molecule has 1 N–H and O–H groups in total. The maximum absolute atomic E-state index is 9.22. The van der Waals surface area contributed by atoms with E-state index in [0.29, 0.717) is 0 Å². The molecule has 2 aromatic carbocycles. The normalized spacial score (nSPS) is 9.44. The first-order chi connectivity index (χ1) is 8.85. The number of aliphatic hydroxyl groups is 1. The maximum Gasteiger partial charge on any atom is 0.134 e. The molecule has 2 heteroatoms. The molecule has 0 aliphatic carbocycles. The van der Waals surface area contributed by atoms with E-state index in [2.05, 4.69) is 11.8 Å². The molecule has 0 aliphatic heterocycles. The lowest BCUT2D eigenvalue weighted by atomic mass is 10.1. The molecule has 0 aromatic heterocycles. The molecule has 90 valence electrons. The standard InChI is InChI=1S/C16H14O2/c1-18-16-9-5-4-7-14(16)11-10-13-6-2-3-8-15(13)12-17/h2-9,17H,12H2,1H3. The Morgan fingerprint density at radius 2 is 1.56 bits per heavy atom. The van der Waals surface area contributed by atoms with Gasteiger partial charge in [-0.3, -0.25) is 0 Å². The van der Waals surface area contributed by atoms with Crippen LogP contribution in [-0.2, 0) is 6.61 Å². The van der Waals surface area contributed by atoms with Crippen LogP contribution in [0.1, 0.15) is 16.7 Å². The lowest BCUT2D eigenvalue weighted by molar-refractivity contribution is 0.281. The molecule has 2 nitrogen and oxygen atoms in total. The second-order valence-electron chi connectivity index (χ2n) is 3.77. The molecule has 0 fully saturated rings. The van der Waals surface area contributed by atoms with Crippen molar-refractivity contribution in [1.82, 2.24) is 0 Å². The molecule has 0 bridgehead atoms. The number of aliphatic hydroxyl groups excluding tert-OH is 1. The smallest absolute Gasteiger partial charge is 0.134 e. The molecule has 0 spiro atoms. The predicted molar refractivity (Wildman–Crippen MR) is 71.3 cm³/mol. The Labute approximate surface area is 107 Å². The first kappa shape index (κ1) is 12.2. The Balaban J connectivity index is 2.37. The van der Waals surface area contributed by atoms with E-state index in [0.717, 1.165) is 22.4 Å². The fraction of sp³-hybridized carbons (Fsp3) is 0.125. The van der Waals surface area contributed by atoms with Crippen LogP contribution < -0.4 is 4.74 Å². The van der Waals surface area contributed by atoms with Gasteiger partial charge in [0.1, 0.15) is 5.75 Å². The molecule has 0 heterocycles. The molecule has 0 radical (unpaired) electrons. The molecule has 0 saturated carbocycles. The summed E-state index contributed by atoms with van der Waals surface area (Å²) in [6.45, 7) is -0.00320. The van der Waals surface area contributed by atoms with Crippen molar-refractivity contribution >= 4 is 0 Å². The Bertz CT molecular complexity index is 540. The largest absolute Gasteiger partial charge is 0.495 e. The van der Waals surface area contributed by atoms with Crippen molar-refractivity contribution in [3.8, 4) is 17.6 Å². The van der Waals surface area contributed by atoms with Crippen molar-refractivity contribution in [3.05, 3.63) is 65.2 Å². The van der Waals surface area contributed by atoms with Crippen LogP contribution >= 0.6 is 0 Å². The molecule has 0 unspecified atom stereocenters.